The molecule has 1 aromatic heterocycles. The number of carbonyl (C=O) groups excluding carboxylic acids is 1. The van der Waals surface area contributed by atoms with Crippen molar-refractivity contribution < 1.29 is 22.4 Å². The summed E-state index contributed by atoms with van der Waals surface area (Å²) in [4.78, 5) is 33.2. The lowest BCUT2D eigenvalue weighted by Crippen LogP contribution is -2.36. The van der Waals surface area contributed by atoms with E-state index < -0.39 is 34.8 Å². The lowest BCUT2D eigenvalue weighted by atomic mass is 10.2. The fourth-order valence-electron chi connectivity index (χ4n) is 3.05. The van der Waals surface area contributed by atoms with Gasteiger partial charge in [-0.05, 0) is 54.6 Å². The Bertz CT molecular complexity index is 1400. The zero-order valence-electron chi connectivity index (χ0n) is 16.6. The van der Waals surface area contributed by atoms with E-state index in [0.29, 0.717) is 16.7 Å². The second-order valence-electron chi connectivity index (χ2n) is 6.90. The zero-order valence-corrected chi connectivity index (χ0v) is 16.6. The molecule has 168 valence electrons. The molecule has 4 N–H and O–H groups in total. The molecule has 0 bridgehead atoms. The quantitative estimate of drug-likeness (QED) is 0.206. The van der Waals surface area contributed by atoms with Crippen LogP contribution >= 0.6 is 0 Å². The van der Waals surface area contributed by atoms with Gasteiger partial charge in [-0.25, -0.2) is 14.2 Å². The average Bonchev–Trinajstić information content (AvgIpc) is 3.13. The van der Waals surface area contributed by atoms with Gasteiger partial charge in [0.2, 0.25) is 5.96 Å². The summed E-state index contributed by atoms with van der Waals surface area (Å²) < 4.78 is 53.4. The minimum atomic E-state index is -4.67. The van der Waals surface area contributed by atoms with Crippen molar-refractivity contribution in [3.8, 4) is 0 Å². The van der Waals surface area contributed by atoms with Gasteiger partial charge in [0.05, 0.1) is 22.3 Å². The van der Waals surface area contributed by atoms with Crippen LogP contribution in [0.5, 0.6) is 0 Å². The van der Waals surface area contributed by atoms with Crippen molar-refractivity contribution in [3.63, 3.8) is 0 Å². The molecule has 3 aromatic carbocycles. The van der Waals surface area contributed by atoms with Gasteiger partial charge in [0.1, 0.15) is 5.82 Å². The van der Waals surface area contributed by atoms with Crippen LogP contribution in [0.4, 0.5) is 28.9 Å². The molecule has 0 saturated carbocycles. The summed E-state index contributed by atoms with van der Waals surface area (Å²) >= 11 is 0. The lowest BCUT2D eigenvalue weighted by Gasteiger charge is -2.14. The summed E-state index contributed by atoms with van der Waals surface area (Å²) in [7, 11) is 0. The first-order valence-corrected chi connectivity index (χ1v) is 9.50. The Kier molecular flexibility index (Phi) is 5.69. The number of benzene rings is 3. The number of carbonyl (C=O) groups is 1. The number of para-hydroxylation sites is 1. The number of alkyl halides is 3. The van der Waals surface area contributed by atoms with Crippen LogP contribution in [0.15, 0.2) is 76.5 Å². The molecule has 0 unspecified atom stereocenters. The van der Waals surface area contributed by atoms with E-state index in [-0.39, 0.29) is 11.5 Å². The maximum atomic E-state index is 13.4. The number of amides is 1. The number of aromatic amines is 2. The van der Waals surface area contributed by atoms with E-state index in [1.165, 1.54) is 30.3 Å². The van der Waals surface area contributed by atoms with Gasteiger partial charge in [0.25, 0.3) is 5.91 Å². The number of hydrogen-bond donors (Lipinski definition) is 4. The Balaban J connectivity index is 1.72. The zero-order chi connectivity index (χ0) is 23.6. The van der Waals surface area contributed by atoms with Gasteiger partial charge in [-0.3, -0.25) is 10.1 Å². The van der Waals surface area contributed by atoms with Crippen molar-refractivity contribution in [2.45, 2.75) is 6.18 Å². The number of H-pyrrole nitrogens is 2. The molecule has 0 radical (unpaired) electrons. The van der Waals surface area contributed by atoms with Gasteiger partial charge < -0.3 is 15.3 Å². The summed E-state index contributed by atoms with van der Waals surface area (Å²) in [5.41, 5.74) is -0.499. The molecule has 0 aliphatic rings. The number of aliphatic imine (C=N–C) groups is 1. The fraction of sp³-hybridized carbons (Fsp3) is 0.0455. The van der Waals surface area contributed by atoms with Gasteiger partial charge in [0.15, 0.2) is 0 Å². The first-order chi connectivity index (χ1) is 15.7. The Morgan fingerprint density at radius 3 is 2.33 bits per heavy atom. The highest BCUT2D eigenvalue weighted by atomic mass is 19.4. The van der Waals surface area contributed by atoms with E-state index in [4.69, 9.17) is 0 Å². The number of hydrogen-bond acceptors (Lipinski definition) is 3. The molecule has 0 fully saturated rings. The van der Waals surface area contributed by atoms with Crippen molar-refractivity contribution in [3.05, 3.63) is 94.2 Å². The smallest absolute Gasteiger partial charge is 0.326 e. The van der Waals surface area contributed by atoms with Gasteiger partial charge in [0, 0.05) is 11.3 Å². The SMILES string of the molecule is O=C(NC(=Nc1ccccc1C(F)(F)F)Nc1ccc2[nH]c(=O)[nH]c2c1)c1ccc(F)cc1. The van der Waals surface area contributed by atoms with Crippen LogP contribution in [0, 0.1) is 5.82 Å². The topological polar surface area (TPSA) is 102 Å². The molecular weight excluding hydrogens is 442 g/mol. The molecule has 7 nitrogen and oxygen atoms in total. The number of anilines is 1. The summed E-state index contributed by atoms with van der Waals surface area (Å²) in [6.07, 6.45) is -4.67. The first-order valence-electron chi connectivity index (χ1n) is 9.50. The van der Waals surface area contributed by atoms with Crippen LogP contribution in [0.2, 0.25) is 0 Å². The standard InChI is InChI=1S/C22H15F4N5O2/c23-13-7-5-12(6-8-13)19(32)31-20(28-16-4-2-1-3-15(16)22(24,25)26)27-14-9-10-17-18(11-14)30-21(33)29-17/h1-11H,(H2,29,30,33)(H2,27,28,31,32). The number of nitrogens with zero attached hydrogens (tertiary/aromatic N) is 1. The van der Waals surface area contributed by atoms with Gasteiger partial charge in [-0.2, -0.15) is 13.2 Å². The second kappa shape index (κ2) is 8.61. The number of fused-ring (bicyclic) bond motifs is 1. The Morgan fingerprint density at radius 2 is 1.61 bits per heavy atom. The van der Waals surface area contributed by atoms with Crippen LogP contribution < -0.4 is 16.3 Å². The molecular formula is C22H15F4N5O2. The largest absolute Gasteiger partial charge is 0.418 e. The monoisotopic (exact) mass is 457 g/mol. The number of guanidine groups is 1. The van der Waals surface area contributed by atoms with Crippen LogP contribution in [-0.2, 0) is 6.18 Å². The molecule has 4 aromatic rings. The molecule has 0 aliphatic heterocycles. The second-order valence-corrected chi connectivity index (χ2v) is 6.90. The number of nitrogens with one attached hydrogen (secondary N) is 4. The predicted molar refractivity (Wildman–Crippen MR) is 115 cm³/mol. The first kappa shape index (κ1) is 21.8. The molecule has 0 aliphatic carbocycles. The highest BCUT2D eigenvalue weighted by molar-refractivity contribution is 6.11. The van der Waals surface area contributed by atoms with E-state index in [1.54, 1.807) is 12.1 Å². The molecule has 4 rings (SSSR count). The minimum Gasteiger partial charge on any atom is -0.326 e. The maximum Gasteiger partial charge on any atom is 0.418 e. The van der Waals surface area contributed by atoms with Crippen molar-refractivity contribution in [1.82, 2.24) is 15.3 Å². The van der Waals surface area contributed by atoms with Crippen molar-refractivity contribution in [2.24, 2.45) is 4.99 Å². The fourth-order valence-corrected chi connectivity index (χ4v) is 3.05. The normalized spacial score (nSPS) is 12.1. The van der Waals surface area contributed by atoms with Gasteiger partial charge in [-0.15, -0.1) is 0 Å². The summed E-state index contributed by atoms with van der Waals surface area (Å²) in [6.45, 7) is 0. The van der Waals surface area contributed by atoms with E-state index in [0.717, 1.165) is 24.3 Å². The molecule has 1 heterocycles. The van der Waals surface area contributed by atoms with E-state index in [1.807, 2.05) is 0 Å². The third-order valence-electron chi connectivity index (χ3n) is 4.56. The number of rotatable bonds is 3. The van der Waals surface area contributed by atoms with Crippen LogP contribution in [0.25, 0.3) is 11.0 Å². The Hall–Kier alpha value is -4.41. The molecule has 33 heavy (non-hydrogen) atoms. The van der Waals surface area contributed by atoms with Crippen molar-refractivity contribution >= 4 is 34.3 Å². The Morgan fingerprint density at radius 1 is 0.909 bits per heavy atom. The van der Waals surface area contributed by atoms with Crippen molar-refractivity contribution in [1.29, 1.82) is 0 Å². The molecule has 0 saturated heterocycles. The molecule has 0 spiro atoms. The van der Waals surface area contributed by atoms with E-state index in [2.05, 4.69) is 25.6 Å². The highest BCUT2D eigenvalue weighted by Crippen LogP contribution is 2.36. The van der Waals surface area contributed by atoms with Crippen LogP contribution in [0.1, 0.15) is 15.9 Å². The van der Waals surface area contributed by atoms with Crippen LogP contribution in [0.3, 0.4) is 0 Å². The maximum absolute atomic E-state index is 13.4. The number of aromatic nitrogens is 2. The highest BCUT2D eigenvalue weighted by Gasteiger charge is 2.33. The minimum absolute atomic E-state index is 0.0698. The molecule has 1 amide bonds. The van der Waals surface area contributed by atoms with Crippen molar-refractivity contribution in [2.75, 3.05) is 5.32 Å². The molecule has 11 heteroatoms. The lowest BCUT2D eigenvalue weighted by molar-refractivity contribution is -0.137. The van der Waals surface area contributed by atoms with E-state index >= 15 is 0 Å². The third kappa shape index (κ3) is 5.09. The number of halogens is 4. The third-order valence-corrected chi connectivity index (χ3v) is 4.56. The van der Waals surface area contributed by atoms with Gasteiger partial charge in [-0.1, -0.05) is 12.1 Å². The van der Waals surface area contributed by atoms with Gasteiger partial charge >= 0.3 is 11.9 Å². The summed E-state index contributed by atoms with van der Waals surface area (Å²) in [5.74, 6) is -1.58. The average molecular weight is 457 g/mol. The van der Waals surface area contributed by atoms with E-state index in [9.17, 15) is 27.2 Å². The summed E-state index contributed by atoms with van der Waals surface area (Å²) in [6, 6.07) is 13.9. The Labute approximate surface area is 183 Å². The summed E-state index contributed by atoms with van der Waals surface area (Å²) in [5, 5.41) is 5.17. The predicted octanol–water partition coefficient (Wildman–Crippen LogP) is 4.54. The van der Waals surface area contributed by atoms with Crippen LogP contribution in [-0.4, -0.2) is 21.8 Å². The molecule has 0 atom stereocenters. The number of imidazole rings is 1.